The number of H-pyrrole nitrogens is 1. The van der Waals surface area contributed by atoms with Crippen LogP contribution in [-0.4, -0.2) is 50.1 Å². The molecule has 3 aromatic rings. The zero-order valence-corrected chi connectivity index (χ0v) is 17.7. The summed E-state index contributed by atoms with van der Waals surface area (Å²) in [6, 6.07) is 3.69. The normalized spacial score (nSPS) is 18.6. The number of amides is 1. The Labute approximate surface area is 178 Å². The van der Waals surface area contributed by atoms with Gasteiger partial charge in [0.05, 0.1) is 18.5 Å². The minimum absolute atomic E-state index is 0.0372. The molecule has 1 saturated carbocycles. The van der Waals surface area contributed by atoms with Crippen molar-refractivity contribution in [3.8, 4) is 0 Å². The number of fused-ring (bicyclic) bond motifs is 1. The molecule has 1 aliphatic carbocycles. The molecule has 0 spiro atoms. The number of alkyl carbamates (subject to hydrolysis) is 1. The van der Waals surface area contributed by atoms with Gasteiger partial charge in [0.1, 0.15) is 11.6 Å². The Morgan fingerprint density at radius 2 is 2.23 bits per heavy atom. The number of aromatic amines is 1. The van der Waals surface area contributed by atoms with E-state index in [0.29, 0.717) is 29.5 Å². The molecule has 166 valence electrons. The Morgan fingerprint density at radius 1 is 1.39 bits per heavy atom. The number of carbonyl (C=O) groups excluding carboxylic acids is 1. The summed E-state index contributed by atoms with van der Waals surface area (Å²) in [7, 11) is 1.57. The van der Waals surface area contributed by atoms with E-state index in [1.807, 2.05) is 19.9 Å². The second-order valence-electron chi connectivity index (χ2n) is 7.98. The lowest BCUT2D eigenvalue weighted by molar-refractivity contribution is 0.0981. The molecule has 0 saturated heterocycles. The summed E-state index contributed by atoms with van der Waals surface area (Å²) in [6.07, 6.45) is 3.10. The van der Waals surface area contributed by atoms with Gasteiger partial charge in [0.15, 0.2) is 11.6 Å². The highest BCUT2D eigenvalue weighted by atomic mass is 19.1. The SMILES string of the molecule is COCc1cc2c(Nc3cc([C@H]4CC[C@@H](OC(=O)NC(C)C)C4)[nH]n3)nc(F)cn2n1. The molecule has 3 aromatic heterocycles. The summed E-state index contributed by atoms with van der Waals surface area (Å²) in [5.74, 6) is 0.370. The van der Waals surface area contributed by atoms with Crippen LogP contribution in [0.2, 0.25) is 0 Å². The maximum atomic E-state index is 14.0. The Balaban J connectivity index is 1.43. The van der Waals surface area contributed by atoms with E-state index in [2.05, 4.69) is 30.9 Å². The van der Waals surface area contributed by atoms with E-state index in [-0.39, 0.29) is 24.2 Å². The molecular weight excluding hydrogens is 405 g/mol. The summed E-state index contributed by atoms with van der Waals surface area (Å²) < 4.78 is 26.0. The highest BCUT2D eigenvalue weighted by Crippen LogP contribution is 2.36. The van der Waals surface area contributed by atoms with Crippen LogP contribution in [0, 0.1) is 5.95 Å². The van der Waals surface area contributed by atoms with Crippen LogP contribution in [0.3, 0.4) is 0 Å². The summed E-state index contributed by atoms with van der Waals surface area (Å²) >= 11 is 0. The van der Waals surface area contributed by atoms with Crippen molar-refractivity contribution >= 4 is 23.2 Å². The molecule has 1 fully saturated rings. The molecule has 11 heteroatoms. The van der Waals surface area contributed by atoms with Crippen molar-refractivity contribution in [2.45, 2.75) is 57.8 Å². The van der Waals surface area contributed by atoms with Gasteiger partial charge < -0.3 is 20.1 Å². The fourth-order valence-corrected chi connectivity index (χ4v) is 3.81. The minimum atomic E-state index is -0.659. The van der Waals surface area contributed by atoms with E-state index >= 15 is 0 Å². The highest BCUT2D eigenvalue weighted by Gasteiger charge is 2.30. The van der Waals surface area contributed by atoms with Gasteiger partial charge >= 0.3 is 6.09 Å². The number of nitrogens with one attached hydrogen (secondary N) is 3. The minimum Gasteiger partial charge on any atom is -0.446 e. The lowest BCUT2D eigenvalue weighted by Gasteiger charge is -2.14. The summed E-state index contributed by atoms with van der Waals surface area (Å²) in [5.41, 5.74) is 2.21. The number of hydrogen-bond acceptors (Lipinski definition) is 7. The Hall–Kier alpha value is -3.21. The van der Waals surface area contributed by atoms with Gasteiger partial charge in [0.25, 0.3) is 0 Å². The van der Waals surface area contributed by atoms with Crippen LogP contribution < -0.4 is 10.6 Å². The molecule has 4 rings (SSSR count). The first-order valence-electron chi connectivity index (χ1n) is 10.2. The van der Waals surface area contributed by atoms with Crippen LogP contribution >= 0.6 is 0 Å². The van der Waals surface area contributed by atoms with E-state index < -0.39 is 5.95 Å². The number of methoxy groups -OCH3 is 1. The van der Waals surface area contributed by atoms with Gasteiger partial charge in [-0.05, 0) is 39.2 Å². The lowest BCUT2D eigenvalue weighted by Crippen LogP contribution is -2.33. The van der Waals surface area contributed by atoms with Crippen molar-refractivity contribution < 1.29 is 18.7 Å². The second kappa shape index (κ2) is 8.88. The molecule has 0 unspecified atom stereocenters. The van der Waals surface area contributed by atoms with Crippen LogP contribution in [-0.2, 0) is 16.1 Å². The van der Waals surface area contributed by atoms with Crippen molar-refractivity contribution in [2.24, 2.45) is 0 Å². The van der Waals surface area contributed by atoms with Crippen molar-refractivity contribution in [3.05, 3.63) is 35.7 Å². The smallest absolute Gasteiger partial charge is 0.407 e. The van der Waals surface area contributed by atoms with Crippen molar-refractivity contribution in [2.75, 3.05) is 12.4 Å². The molecule has 10 nitrogen and oxygen atoms in total. The summed E-state index contributed by atoms with van der Waals surface area (Å²) in [6.45, 7) is 4.10. The van der Waals surface area contributed by atoms with Crippen LogP contribution in [0.15, 0.2) is 18.3 Å². The maximum Gasteiger partial charge on any atom is 0.407 e. The Morgan fingerprint density at radius 3 is 3.00 bits per heavy atom. The van der Waals surface area contributed by atoms with E-state index in [9.17, 15) is 9.18 Å². The molecule has 3 N–H and O–H groups in total. The van der Waals surface area contributed by atoms with Gasteiger partial charge in [0, 0.05) is 30.8 Å². The van der Waals surface area contributed by atoms with Crippen LogP contribution in [0.25, 0.3) is 5.52 Å². The molecule has 0 aliphatic heterocycles. The lowest BCUT2D eigenvalue weighted by atomic mass is 10.0. The van der Waals surface area contributed by atoms with E-state index in [4.69, 9.17) is 9.47 Å². The zero-order valence-electron chi connectivity index (χ0n) is 17.7. The van der Waals surface area contributed by atoms with E-state index in [0.717, 1.165) is 25.0 Å². The Bertz CT molecular complexity index is 1060. The zero-order chi connectivity index (χ0) is 22.0. The van der Waals surface area contributed by atoms with Gasteiger partial charge in [-0.3, -0.25) is 5.10 Å². The molecule has 3 heterocycles. The summed E-state index contributed by atoms with van der Waals surface area (Å²) in [4.78, 5) is 15.8. The second-order valence-corrected chi connectivity index (χ2v) is 7.98. The number of carbonyl (C=O) groups is 1. The van der Waals surface area contributed by atoms with Gasteiger partial charge in [-0.1, -0.05) is 0 Å². The van der Waals surface area contributed by atoms with Crippen LogP contribution in [0.1, 0.15) is 50.4 Å². The number of anilines is 2. The molecule has 31 heavy (non-hydrogen) atoms. The van der Waals surface area contributed by atoms with E-state index in [1.54, 1.807) is 13.2 Å². The molecule has 1 aliphatic rings. The number of halogens is 1. The third kappa shape index (κ3) is 4.93. The number of aromatic nitrogens is 5. The highest BCUT2D eigenvalue weighted by molar-refractivity contribution is 5.72. The molecule has 0 radical (unpaired) electrons. The quantitative estimate of drug-likeness (QED) is 0.525. The van der Waals surface area contributed by atoms with Gasteiger partial charge in [-0.2, -0.15) is 19.6 Å². The number of rotatable bonds is 7. The average Bonchev–Trinajstić information content (AvgIpc) is 3.41. The first-order chi connectivity index (χ1) is 14.9. The third-order valence-electron chi connectivity index (χ3n) is 5.12. The predicted molar refractivity (Wildman–Crippen MR) is 111 cm³/mol. The topological polar surface area (TPSA) is 118 Å². The fraction of sp³-hybridized carbons (Fsp3) is 0.500. The maximum absolute atomic E-state index is 14.0. The van der Waals surface area contributed by atoms with Crippen molar-refractivity contribution in [3.63, 3.8) is 0 Å². The first-order valence-corrected chi connectivity index (χ1v) is 10.2. The van der Waals surface area contributed by atoms with Crippen molar-refractivity contribution in [1.29, 1.82) is 0 Å². The van der Waals surface area contributed by atoms with E-state index in [1.165, 1.54) is 10.7 Å². The first kappa shape index (κ1) is 21.0. The van der Waals surface area contributed by atoms with Gasteiger partial charge in [0.2, 0.25) is 5.95 Å². The van der Waals surface area contributed by atoms with Gasteiger partial charge in [-0.15, -0.1) is 0 Å². The molecule has 0 aromatic carbocycles. The van der Waals surface area contributed by atoms with Crippen molar-refractivity contribution in [1.82, 2.24) is 30.1 Å². The summed E-state index contributed by atoms with van der Waals surface area (Å²) in [5, 5.41) is 17.4. The average molecular weight is 431 g/mol. The standard InChI is InChI=1S/C20H26FN7O3/c1-11(2)22-20(29)31-14-5-4-12(6-14)15-8-18(26-25-15)24-19-16-7-13(10-30-3)27-28(16)9-17(21)23-19/h7-9,11-12,14H,4-6,10H2,1-3H3,(H,22,29)(H2,23,24,25,26)/t12-,14+/m0/s1. The van der Waals surface area contributed by atoms with Crippen LogP contribution in [0.4, 0.5) is 20.8 Å². The molecule has 2 atom stereocenters. The molecular formula is C20H26FN7O3. The number of ether oxygens (including phenoxy) is 2. The number of nitrogens with zero attached hydrogens (tertiary/aromatic N) is 4. The molecule has 1 amide bonds. The van der Waals surface area contributed by atoms with Gasteiger partial charge in [-0.25, -0.2) is 9.31 Å². The third-order valence-corrected chi connectivity index (χ3v) is 5.12. The monoisotopic (exact) mass is 431 g/mol. The Kier molecular flexibility index (Phi) is 6.03. The van der Waals surface area contributed by atoms with Crippen LogP contribution in [0.5, 0.6) is 0 Å². The largest absolute Gasteiger partial charge is 0.446 e. The predicted octanol–water partition coefficient (Wildman–Crippen LogP) is 3.25. The number of hydrogen-bond donors (Lipinski definition) is 3. The fourth-order valence-electron chi connectivity index (χ4n) is 3.81. The molecule has 0 bridgehead atoms.